The van der Waals surface area contributed by atoms with Gasteiger partial charge in [0, 0.05) is 30.7 Å². The van der Waals surface area contributed by atoms with Gasteiger partial charge < -0.3 is 9.64 Å². The topological polar surface area (TPSA) is 75.7 Å². The third-order valence-corrected chi connectivity index (χ3v) is 12.7. The van der Waals surface area contributed by atoms with Crippen LogP contribution in [0.15, 0.2) is 46.9 Å². The van der Waals surface area contributed by atoms with Crippen molar-refractivity contribution in [2.45, 2.75) is 74.7 Å². The van der Waals surface area contributed by atoms with E-state index in [2.05, 4.69) is 15.7 Å². The fourth-order valence-corrected chi connectivity index (χ4v) is 9.32. The first-order valence-corrected chi connectivity index (χ1v) is 17.8. The molecular weight excluding hydrogens is 595 g/mol. The number of hydrogen-bond donors (Lipinski definition) is 1. The van der Waals surface area contributed by atoms with Crippen LogP contribution in [0.3, 0.4) is 0 Å². The Bertz CT molecular complexity index is 1510. The van der Waals surface area contributed by atoms with Crippen molar-refractivity contribution in [3.8, 4) is 0 Å². The molecule has 10 heteroatoms. The number of carbonyl (C=O) groups is 1. The number of allylic oxidation sites excluding steroid dienone is 1. The zero-order valence-corrected chi connectivity index (χ0v) is 26.5. The first-order valence-electron chi connectivity index (χ1n) is 14.9. The number of benzene rings is 2. The maximum Gasteiger partial charge on any atom is 0.264 e. The highest BCUT2D eigenvalue weighted by atomic mass is 35.5. The summed E-state index contributed by atoms with van der Waals surface area (Å²) in [5, 5.41) is -0.574. The maximum atomic E-state index is 15.4. The van der Waals surface area contributed by atoms with Crippen LogP contribution < -0.4 is 9.62 Å². The molecule has 2 aromatic carbocycles. The molecule has 1 amide bonds. The van der Waals surface area contributed by atoms with Gasteiger partial charge in [0.15, 0.2) is 0 Å². The second kappa shape index (κ2) is 12.1. The quantitative estimate of drug-likeness (QED) is 0.351. The van der Waals surface area contributed by atoms with E-state index in [0.29, 0.717) is 42.3 Å². The number of amides is 1. The van der Waals surface area contributed by atoms with Crippen molar-refractivity contribution in [2.24, 2.45) is 17.8 Å². The third-order valence-electron chi connectivity index (χ3n) is 9.58. The molecule has 0 aromatic heterocycles. The molecule has 3 aliphatic heterocycles. The molecule has 1 saturated carbocycles. The van der Waals surface area contributed by atoms with Crippen LogP contribution in [0.5, 0.6) is 0 Å². The van der Waals surface area contributed by atoms with Gasteiger partial charge >= 0.3 is 0 Å². The average molecular weight is 633 g/mol. The summed E-state index contributed by atoms with van der Waals surface area (Å²) in [6, 6.07) is 9.01. The van der Waals surface area contributed by atoms with Gasteiger partial charge in [-0.2, -0.15) is 0 Å². The Hall–Kier alpha value is -2.07. The average Bonchev–Trinajstić information content (AvgIpc) is 2.95. The van der Waals surface area contributed by atoms with Crippen molar-refractivity contribution in [1.29, 1.82) is 0 Å². The minimum atomic E-state index is -3.87. The number of rotatable bonds is 1. The number of halogens is 2. The Morgan fingerprint density at radius 1 is 1.17 bits per heavy atom. The lowest BCUT2D eigenvalue weighted by atomic mass is 9.65. The molecule has 42 heavy (non-hydrogen) atoms. The van der Waals surface area contributed by atoms with Crippen molar-refractivity contribution < 1.29 is 22.3 Å². The molecule has 5 atom stereocenters. The summed E-state index contributed by atoms with van der Waals surface area (Å²) in [5.74, 6) is 0.734. The Morgan fingerprint density at radius 2 is 1.98 bits per heavy atom. The van der Waals surface area contributed by atoms with Gasteiger partial charge in [0.05, 0.1) is 22.1 Å². The lowest BCUT2D eigenvalue weighted by Gasteiger charge is -2.47. The fraction of sp³-hybridized carbons (Fsp3) is 0.531. The number of thioether (sulfide) groups is 1. The van der Waals surface area contributed by atoms with E-state index in [1.165, 1.54) is 5.57 Å². The van der Waals surface area contributed by atoms with Crippen LogP contribution in [-0.2, 0) is 27.7 Å². The first kappa shape index (κ1) is 30.0. The lowest BCUT2D eigenvalue weighted by Crippen LogP contribution is -2.46. The van der Waals surface area contributed by atoms with Crippen molar-refractivity contribution >= 4 is 45.0 Å². The Morgan fingerprint density at radius 3 is 2.71 bits per heavy atom. The predicted molar refractivity (Wildman–Crippen MR) is 166 cm³/mol. The molecule has 3 heterocycles. The second-order valence-corrected chi connectivity index (χ2v) is 15.9. The predicted octanol–water partition coefficient (Wildman–Crippen LogP) is 6.75. The molecule has 1 N–H and O–H groups in total. The summed E-state index contributed by atoms with van der Waals surface area (Å²) >= 11 is 7.95. The van der Waals surface area contributed by atoms with Crippen molar-refractivity contribution in [1.82, 2.24) is 4.72 Å². The number of methoxy groups -OCH3 is 1. The SMILES string of the molecule is CO[C@H]1C2=C[C@H](C2)C[C@@H](C)S(=O)(=O)NC(=O)c2ccc3c(c2)N(Cc2ccc(Cl)c(F)c2CCCCS3)C[C@@H]2CC[C@H]21. The van der Waals surface area contributed by atoms with Crippen LogP contribution >= 0.6 is 23.4 Å². The zero-order valence-electron chi connectivity index (χ0n) is 24.1. The van der Waals surface area contributed by atoms with E-state index in [1.54, 1.807) is 37.9 Å². The van der Waals surface area contributed by atoms with Crippen LogP contribution in [0.1, 0.15) is 66.9 Å². The number of ether oxygens (including phenoxy) is 1. The van der Waals surface area contributed by atoms with Gasteiger partial charge in [-0.3, -0.25) is 4.79 Å². The monoisotopic (exact) mass is 632 g/mol. The highest BCUT2D eigenvalue weighted by Crippen LogP contribution is 2.46. The largest absolute Gasteiger partial charge is 0.377 e. The summed E-state index contributed by atoms with van der Waals surface area (Å²) in [6.07, 6.45) is 7.96. The fourth-order valence-electron chi connectivity index (χ4n) is 7.00. The van der Waals surface area contributed by atoms with E-state index in [-0.39, 0.29) is 22.9 Å². The number of nitrogens with one attached hydrogen (secondary N) is 1. The summed E-state index contributed by atoms with van der Waals surface area (Å²) in [6.45, 7) is 2.85. The molecule has 7 rings (SSSR count). The van der Waals surface area contributed by atoms with E-state index < -0.39 is 21.2 Å². The Labute approximate surface area is 257 Å². The van der Waals surface area contributed by atoms with Crippen LogP contribution in [0, 0.1) is 23.6 Å². The van der Waals surface area contributed by atoms with Crippen LogP contribution in [-0.4, -0.2) is 45.1 Å². The minimum Gasteiger partial charge on any atom is -0.377 e. The van der Waals surface area contributed by atoms with Gasteiger partial charge in [-0.05, 0) is 116 Å². The van der Waals surface area contributed by atoms with Gasteiger partial charge in [-0.25, -0.2) is 17.5 Å². The molecule has 0 unspecified atom stereocenters. The summed E-state index contributed by atoms with van der Waals surface area (Å²) in [4.78, 5) is 16.7. The molecule has 2 aromatic rings. The molecule has 2 aliphatic carbocycles. The van der Waals surface area contributed by atoms with Crippen molar-refractivity contribution in [3.05, 3.63) is 69.5 Å². The maximum absolute atomic E-state index is 15.4. The molecule has 0 saturated heterocycles. The van der Waals surface area contributed by atoms with E-state index in [9.17, 15) is 13.2 Å². The van der Waals surface area contributed by atoms with Crippen LogP contribution in [0.2, 0.25) is 5.02 Å². The van der Waals surface area contributed by atoms with Crippen LogP contribution in [0.4, 0.5) is 10.1 Å². The van der Waals surface area contributed by atoms with E-state index in [4.69, 9.17) is 16.3 Å². The molecule has 0 spiro atoms. The summed E-state index contributed by atoms with van der Waals surface area (Å²) in [5.41, 5.74) is 3.96. The van der Waals surface area contributed by atoms with Crippen LogP contribution in [0.25, 0.3) is 0 Å². The molecular formula is C32H38ClFN2O4S2. The van der Waals surface area contributed by atoms with Gasteiger partial charge in [0.25, 0.3) is 5.91 Å². The van der Waals surface area contributed by atoms with Gasteiger partial charge in [0.2, 0.25) is 10.0 Å². The van der Waals surface area contributed by atoms with Crippen molar-refractivity contribution in [2.75, 3.05) is 24.3 Å². The standard InChI is InChI=1S/C32H38ClFN2O4S2/c1-19-13-20-14-24(15-20)31(40-2)26-9-6-23(26)18-36-17-22-7-10-27(33)30(34)25(22)5-3-4-12-41-29-11-8-21(16-28(29)36)32(37)35-42(19,38)39/h7-8,10-11,14,16,19-20,23,26,31H,3-6,9,12-13,15,17-18H2,1-2H3,(H,35,37)/t19-,20-,23+,26-,31+/m1/s1. The van der Waals surface area contributed by atoms with Crippen molar-refractivity contribution in [3.63, 3.8) is 0 Å². The number of fused-ring (bicyclic) bond motifs is 5. The van der Waals surface area contributed by atoms with E-state index in [1.807, 2.05) is 18.2 Å². The molecule has 226 valence electrons. The normalized spacial score (nSPS) is 29.4. The third kappa shape index (κ3) is 5.86. The molecule has 0 radical (unpaired) electrons. The number of sulfonamides is 1. The summed E-state index contributed by atoms with van der Waals surface area (Å²) < 4.78 is 50.1. The van der Waals surface area contributed by atoms with E-state index >= 15 is 4.39 Å². The molecule has 6 nitrogen and oxygen atoms in total. The Kier molecular flexibility index (Phi) is 8.66. The highest BCUT2D eigenvalue weighted by Gasteiger charge is 2.42. The number of nitrogens with zero attached hydrogens (tertiary/aromatic N) is 1. The Balaban J connectivity index is 1.46. The molecule has 5 aliphatic rings. The summed E-state index contributed by atoms with van der Waals surface area (Å²) in [7, 11) is -2.10. The smallest absolute Gasteiger partial charge is 0.264 e. The molecule has 1 fully saturated rings. The van der Waals surface area contributed by atoms with Gasteiger partial charge in [-0.15, -0.1) is 11.8 Å². The number of carbonyl (C=O) groups excluding carboxylic acids is 1. The first-order chi connectivity index (χ1) is 20.1. The number of anilines is 1. The van der Waals surface area contributed by atoms with Gasteiger partial charge in [0.1, 0.15) is 5.82 Å². The van der Waals surface area contributed by atoms with Gasteiger partial charge in [-0.1, -0.05) is 23.7 Å². The van der Waals surface area contributed by atoms with E-state index in [0.717, 1.165) is 60.5 Å². The molecule has 4 bridgehead atoms. The number of hydrogen-bond acceptors (Lipinski definition) is 6. The highest BCUT2D eigenvalue weighted by molar-refractivity contribution is 7.99. The zero-order chi connectivity index (χ0) is 29.6. The minimum absolute atomic E-state index is 0.00664. The lowest BCUT2D eigenvalue weighted by molar-refractivity contribution is 0.000575. The second-order valence-electron chi connectivity index (χ2n) is 12.3.